The molecule has 26 heavy (non-hydrogen) atoms. The third-order valence-electron chi connectivity index (χ3n) is 5.69. The van der Waals surface area contributed by atoms with E-state index >= 15 is 0 Å². The van der Waals surface area contributed by atoms with Crippen LogP contribution in [0.1, 0.15) is 67.8 Å². The van der Waals surface area contributed by atoms with E-state index in [4.69, 9.17) is 0 Å². The minimum atomic E-state index is -0.00741. The monoisotopic (exact) mass is 350 g/mol. The van der Waals surface area contributed by atoms with Gasteiger partial charge in [0.25, 0.3) is 0 Å². The van der Waals surface area contributed by atoms with Gasteiger partial charge >= 0.3 is 0 Å². The fourth-order valence-corrected chi connectivity index (χ4v) is 4.22. The first-order valence-corrected chi connectivity index (χ1v) is 9.52. The Morgan fingerprint density at radius 2 is 1.96 bits per heavy atom. The van der Waals surface area contributed by atoms with Crippen LogP contribution >= 0.6 is 0 Å². The largest absolute Gasteiger partial charge is 0.508 e. The van der Waals surface area contributed by atoms with E-state index in [2.05, 4.69) is 37.4 Å². The molecule has 1 fully saturated rings. The van der Waals surface area contributed by atoms with E-state index in [0.717, 1.165) is 30.6 Å². The number of rotatable bonds is 3. The summed E-state index contributed by atoms with van der Waals surface area (Å²) < 4.78 is 0. The second kappa shape index (κ2) is 6.67. The van der Waals surface area contributed by atoms with Crippen molar-refractivity contribution < 1.29 is 9.90 Å². The lowest BCUT2D eigenvalue weighted by atomic mass is 9.86. The van der Waals surface area contributed by atoms with Crippen molar-refractivity contribution >= 4 is 11.6 Å². The van der Waals surface area contributed by atoms with Crippen LogP contribution in [0.3, 0.4) is 0 Å². The first-order chi connectivity index (χ1) is 12.5. The number of amides is 1. The van der Waals surface area contributed by atoms with Gasteiger partial charge in [0.05, 0.1) is 12.1 Å². The van der Waals surface area contributed by atoms with Crippen molar-refractivity contribution in [2.24, 2.45) is 0 Å². The van der Waals surface area contributed by atoms with Crippen LogP contribution < -0.4 is 5.32 Å². The zero-order valence-electron chi connectivity index (χ0n) is 15.4. The molecule has 4 rings (SSSR count). The van der Waals surface area contributed by atoms with E-state index in [0.29, 0.717) is 18.1 Å². The third kappa shape index (κ3) is 2.94. The molecule has 0 bridgehead atoms. The Morgan fingerprint density at radius 1 is 1.15 bits per heavy atom. The number of fused-ring (bicyclic) bond motifs is 1. The first-order valence-electron chi connectivity index (χ1n) is 9.52. The Bertz CT molecular complexity index is 831. The van der Waals surface area contributed by atoms with Crippen LogP contribution in [-0.2, 0) is 4.79 Å². The van der Waals surface area contributed by atoms with Gasteiger partial charge in [-0.2, -0.15) is 0 Å². The number of carbonyl (C=O) groups excluding carboxylic acids is 1. The number of hydrogen-bond donors (Lipinski definition) is 2. The van der Waals surface area contributed by atoms with Crippen LogP contribution in [-0.4, -0.2) is 22.5 Å². The van der Waals surface area contributed by atoms with Gasteiger partial charge in [-0.25, -0.2) is 0 Å². The summed E-state index contributed by atoms with van der Waals surface area (Å²) in [6.07, 6.45) is 2.35. The van der Waals surface area contributed by atoms with Crippen LogP contribution in [0.15, 0.2) is 42.5 Å². The van der Waals surface area contributed by atoms with Gasteiger partial charge in [-0.05, 0) is 42.0 Å². The van der Waals surface area contributed by atoms with E-state index < -0.39 is 0 Å². The van der Waals surface area contributed by atoms with Gasteiger partial charge in [-0.1, -0.05) is 44.2 Å². The molecule has 0 aromatic heterocycles. The summed E-state index contributed by atoms with van der Waals surface area (Å²) in [6.45, 7) is 5.21. The molecule has 2 aliphatic rings. The van der Waals surface area contributed by atoms with Crippen molar-refractivity contribution in [3.63, 3.8) is 0 Å². The Labute approximate surface area is 154 Å². The molecule has 1 amide bonds. The molecule has 2 N–H and O–H groups in total. The number of aromatic hydroxyl groups is 1. The molecule has 4 nitrogen and oxygen atoms in total. The number of benzene rings is 2. The fraction of sp³-hybridized carbons (Fsp3) is 0.409. The number of para-hydroxylation sites is 1. The van der Waals surface area contributed by atoms with Crippen molar-refractivity contribution in [2.75, 3.05) is 11.9 Å². The van der Waals surface area contributed by atoms with Gasteiger partial charge < -0.3 is 15.3 Å². The van der Waals surface area contributed by atoms with Gasteiger partial charge in [-0.15, -0.1) is 0 Å². The van der Waals surface area contributed by atoms with E-state index in [1.54, 1.807) is 6.07 Å². The summed E-state index contributed by atoms with van der Waals surface area (Å²) >= 11 is 0. The summed E-state index contributed by atoms with van der Waals surface area (Å²) in [7, 11) is 0. The SMILES string of the molecule is CC(C)c1ccc2c(c1)C(N1CCCC1=O)CC(c1ccccc1O)N2. The summed E-state index contributed by atoms with van der Waals surface area (Å²) in [5.74, 6) is 0.999. The van der Waals surface area contributed by atoms with Crippen molar-refractivity contribution in [2.45, 2.75) is 51.1 Å². The van der Waals surface area contributed by atoms with Crippen molar-refractivity contribution in [1.29, 1.82) is 0 Å². The summed E-state index contributed by atoms with van der Waals surface area (Å²) in [5, 5.41) is 13.9. The summed E-state index contributed by atoms with van der Waals surface area (Å²) in [6, 6.07) is 14.1. The van der Waals surface area contributed by atoms with Crippen molar-refractivity contribution in [3.05, 3.63) is 59.2 Å². The van der Waals surface area contributed by atoms with Crippen LogP contribution in [0.4, 0.5) is 5.69 Å². The standard InChI is InChI=1S/C22H26N2O2/c1-14(2)15-9-10-18-17(12-15)20(24-11-5-8-22(24)26)13-19(23-18)16-6-3-4-7-21(16)25/h3-4,6-7,9-10,12,14,19-20,23,25H,5,8,11,13H2,1-2H3. The Kier molecular flexibility index (Phi) is 4.35. The number of nitrogens with zero attached hydrogens (tertiary/aromatic N) is 1. The van der Waals surface area contributed by atoms with Crippen LogP contribution in [0, 0.1) is 0 Å². The zero-order chi connectivity index (χ0) is 18.3. The molecule has 0 aliphatic carbocycles. The zero-order valence-corrected chi connectivity index (χ0v) is 15.4. The number of hydrogen-bond acceptors (Lipinski definition) is 3. The van der Waals surface area contributed by atoms with Crippen molar-refractivity contribution in [3.8, 4) is 5.75 Å². The molecule has 2 heterocycles. The topological polar surface area (TPSA) is 52.6 Å². The highest BCUT2D eigenvalue weighted by Gasteiger charge is 2.36. The number of carbonyl (C=O) groups is 1. The number of likely N-dealkylation sites (tertiary alicyclic amines) is 1. The molecule has 1 saturated heterocycles. The van der Waals surface area contributed by atoms with Crippen molar-refractivity contribution in [1.82, 2.24) is 4.90 Å². The van der Waals surface area contributed by atoms with Crippen LogP contribution in [0.2, 0.25) is 0 Å². The summed E-state index contributed by atoms with van der Waals surface area (Å²) in [5.41, 5.74) is 4.46. The Balaban J connectivity index is 1.77. The second-order valence-electron chi connectivity index (χ2n) is 7.70. The first kappa shape index (κ1) is 17.0. The van der Waals surface area contributed by atoms with Crippen LogP contribution in [0.5, 0.6) is 5.75 Å². The molecule has 0 radical (unpaired) electrons. The minimum absolute atomic E-state index is 0.00741. The van der Waals surface area contributed by atoms with Gasteiger partial charge in [0, 0.05) is 24.2 Å². The molecule has 136 valence electrons. The Morgan fingerprint density at radius 3 is 2.65 bits per heavy atom. The van der Waals surface area contributed by atoms with Gasteiger partial charge in [-0.3, -0.25) is 4.79 Å². The average molecular weight is 350 g/mol. The molecular weight excluding hydrogens is 324 g/mol. The number of anilines is 1. The molecule has 2 unspecified atom stereocenters. The molecule has 0 saturated carbocycles. The normalized spacial score (nSPS) is 22.4. The maximum absolute atomic E-state index is 12.5. The quantitative estimate of drug-likeness (QED) is 0.841. The Hall–Kier alpha value is -2.49. The molecule has 2 aromatic carbocycles. The lowest BCUT2D eigenvalue weighted by Crippen LogP contribution is -2.35. The highest BCUT2D eigenvalue weighted by atomic mass is 16.3. The molecule has 2 atom stereocenters. The maximum atomic E-state index is 12.5. The second-order valence-corrected chi connectivity index (χ2v) is 7.70. The predicted molar refractivity (Wildman–Crippen MR) is 103 cm³/mol. The summed E-state index contributed by atoms with van der Waals surface area (Å²) in [4.78, 5) is 14.5. The smallest absolute Gasteiger partial charge is 0.223 e. The fourth-order valence-electron chi connectivity index (χ4n) is 4.22. The lowest BCUT2D eigenvalue weighted by molar-refractivity contribution is -0.130. The molecular formula is C22H26N2O2. The highest BCUT2D eigenvalue weighted by Crippen LogP contribution is 2.45. The van der Waals surface area contributed by atoms with E-state index in [1.165, 1.54) is 11.1 Å². The molecule has 0 spiro atoms. The van der Waals surface area contributed by atoms with E-state index in [1.807, 2.05) is 23.1 Å². The van der Waals surface area contributed by atoms with Gasteiger partial charge in [0.15, 0.2) is 0 Å². The van der Waals surface area contributed by atoms with E-state index in [9.17, 15) is 9.90 Å². The maximum Gasteiger partial charge on any atom is 0.223 e. The molecule has 4 heteroatoms. The number of nitrogens with one attached hydrogen (secondary N) is 1. The highest BCUT2D eigenvalue weighted by molar-refractivity contribution is 5.79. The molecule has 2 aliphatic heterocycles. The van der Waals surface area contributed by atoms with Crippen LogP contribution in [0.25, 0.3) is 0 Å². The van der Waals surface area contributed by atoms with E-state index in [-0.39, 0.29) is 18.0 Å². The predicted octanol–water partition coefficient (Wildman–Crippen LogP) is 4.74. The number of phenolic OH excluding ortho intramolecular Hbond substituents is 1. The van der Waals surface area contributed by atoms with Gasteiger partial charge in [0.2, 0.25) is 5.91 Å². The third-order valence-corrected chi connectivity index (χ3v) is 5.69. The lowest BCUT2D eigenvalue weighted by Gasteiger charge is -2.39. The molecule has 2 aromatic rings. The number of phenols is 1. The minimum Gasteiger partial charge on any atom is -0.508 e. The van der Waals surface area contributed by atoms with Gasteiger partial charge in [0.1, 0.15) is 5.75 Å². The average Bonchev–Trinajstić information content (AvgIpc) is 3.06.